The van der Waals surface area contributed by atoms with Crippen molar-refractivity contribution in [3.63, 3.8) is 0 Å². The quantitative estimate of drug-likeness (QED) is 0.376. The molecule has 2 aromatic rings. The van der Waals surface area contributed by atoms with Crippen LogP contribution in [0.4, 0.5) is 5.82 Å². The Morgan fingerprint density at radius 3 is 2.46 bits per heavy atom. The summed E-state index contributed by atoms with van der Waals surface area (Å²) in [6.07, 6.45) is 10.3. The molecule has 1 saturated carbocycles. The van der Waals surface area contributed by atoms with Gasteiger partial charge in [-0.2, -0.15) is 0 Å². The summed E-state index contributed by atoms with van der Waals surface area (Å²) in [6, 6.07) is 10.1. The fourth-order valence-corrected chi connectivity index (χ4v) is 5.29. The molecule has 7 nitrogen and oxygen atoms in total. The minimum atomic E-state index is -0.444. The summed E-state index contributed by atoms with van der Waals surface area (Å²) in [5, 5.41) is 4.82. The van der Waals surface area contributed by atoms with Gasteiger partial charge in [0.1, 0.15) is 5.56 Å². The zero-order chi connectivity index (χ0) is 26.4. The van der Waals surface area contributed by atoms with Crippen LogP contribution in [0.3, 0.4) is 0 Å². The number of amides is 1. The topological polar surface area (TPSA) is 73.7 Å². The van der Waals surface area contributed by atoms with Crippen LogP contribution in [-0.4, -0.2) is 40.4 Å². The molecule has 0 bridgehead atoms. The number of benzene rings is 1. The van der Waals surface area contributed by atoms with Crippen LogP contribution in [0.2, 0.25) is 0 Å². The summed E-state index contributed by atoms with van der Waals surface area (Å²) in [7, 11) is 0. The molecule has 1 amide bonds. The third-order valence-corrected chi connectivity index (χ3v) is 7.50. The fourth-order valence-electron chi connectivity index (χ4n) is 5.29. The summed E-state index contributed by atoms with van der Waals surface area (Å²) >= 11 is 0. The molecule has 1 aromatic carbocycles. The van der Waals surface area contributed by atoms with Gasteiger partial charge in [-0.3, -0.25) is 9.69 Å². The Bertz CT molecular complexity index is 1080. The number of ether oxygens (including phenoxy) is 2. The lowest BCUT2D eigenvalue weighted by molar-refractivity contribution is -0.124. The smallest absolute Gasteiger partial charge is 0.343 e. The van der Waals surface area contributed by atoms with Crippen molar-refractivity contribution in [3.8, 4) is 0 Å². The molecule has 1 aromatic heterocycles. The van der Waals surface area contributed by atoms with Crippen LogP contribution in [0.15, 0.2) is 42.6 Å². The van der Waals surface area contributed by atoms with Gasteiger partial charge in [0.15, 0.2) is 5.82 Å². The maximum Gasteiger partial charge on any atom is 0.343 e. The number of esters is 1. The van der Waals surface area contributed by atoms with E-state index >= 15 is 0 Å². The Morgan fingerprint density at radius 2 is 1.84 bits per heavy atom. The molecule has 1 fully saturated rings. The van der Waals surface area contributed by atoms with Crippen LogP contribution in [-0.2, 0) is 20.9 Å². The van der Waals surface area contributed by atoms with Crippen molar-refractivity contribution in [2.24, 2.45) is 11.8 Å². The molecule has 7 heteroatoms. The zero-order valence-corrected chi connectivity index (χ0v) is 22.7. The molecule has 0 N–H and O–H groups in total. The molecule has 0 saturated heterocycles. The van der Waals surface area contributed by atoms with Gasteiger partial charge in [-0.25, -0.2) is 9.48 Å². The molecule has 1 atom stereocenters. The highest BCUT2D eigenvalue weighted by Crippen LogP contribution is 2.34. The molecule has 0 spiro atoms. The number of allylic oxidation sites excluding steroid dienone is 1. The number of anilines is 1. The van der Waals surface area contributed by atoms with Crippen LogP contribution in [0, 0.1) is 11.8 Å². The molecule has 37 heavy (non-hydrogen) atoms. The molecular weight excluding hydrogens is 466 g/mol. The lowest BCUT2D eigenvalue weighted by Crippen LogP contribution is -2.43. The Morgan fingerprint density at radius 1 is 1.11 bits per heavy atom. The summed E-state index contributed by atoms with van der Waals surface area (Å²) in [4.78, 5) is 28.4. The largest absolute Gasteiger partial charge is 0.462 e. The number of carbonyl (C=O) groups is 2. The third kappa shape index (κ3) is 6.69. The van der Waals surface area contributed by atoms with Gasteiger partial charge in [0.2, 0.25) is 5.91 Å². The Balaban J connectivity index is 1.54. The first-order chi connectivity index (χ1) is 17.9. The van der Waals surface area contributed by atoms with E-state index in [2.05, 4.69) is 25.1 Å². The van der Waals surface area contributed by atoms with Crippen LogP contribution in [0.1, 0.15) is 88.6 Å². The van der Waals surface area contributed by atoms with Crippen molar-refractivity contribution < 1.29 is 19.1 Å². The van der Waals surface area contributed by atoms with Gasteiger partial charge in [0.05, 0.1) is 19.3 Å². The third-order valence-electron chi connectivity index (χ3n) is 7.50. The lowest BCUT2D eigenvalue weighted by atomic mass is 9.82. The van der Waals surface area contributed by atoms with E-state index in [-0.39, 0.29) is 30.6 Å². The highest BCUT2D eigenvalue weighted by molar-refractivity contribution is 6.02. The summed E-state index contributed by atoms with van der Waals surface area (Å²) < 4.78 is 13.3. The van der Waals surface area contributed by atoms with Crippen molar-refractivity contribution >= 4 is 23.4 Å². The predicted molar refractivity (Wildman–Crippen MR) is 145 cm³/mol. The average Bonchev–Trinajstić information content (AvgIpc) is 3.33. The normalized spacial score (nSPS) is 22.0. The SMILES string of the molecule is CCOC(=O)c1cn(C2=CCC(OCc3ccccc3)CC2)nc1N(C(=O)C1CCC(C)CC1)C(C)C. The van der Waals surface area contributed by atoms with Crippen molar-refractivity contribution in [2.75, 3.05) is 11.5 Å². The van der Waals surface area contributed by atoms with Crippen LogP contribution in [0.25, 0.3) is 5.70 Å². The second-order valence-corrected chi connectivity index (χ2v) is 10.7. The molecule has 2 aliphatic rings. The van der Waals surface area contributed by atoms with Crippen LogP contribution in [0.5, 0.6) is 0 Å². The molecule has 0 radical (unpaired) electrons. The standard InChI is InChI=1S/C30H41N3O4/c1-5-36-30(35)27-19-32(25-15-17-26(18-16-25)37-20-23-9-7-6-8-10-23)31-28(27)33(21(2)3)29(34)24-13-11-22(4)12-14-24/h6-10,15,19,21-22,24,26H,5,11-14,16-18,20H2,1-4H3. The second-order valence-electron chi connectivity index (χ2n) is 10.7. The number of nitrogens with zero attached hydrogens (tertiary/aromatic N) is 3. The van der Waals surface area contributed by atoms with E-state index in [4.69, 9.17) is 14.6 Å². The molecule has 0 aliphatic heterocycles. The molecule has 1 heterocycles. The molecule has 2 aliphatic carbocycles. The van der Waals surface area contributed by atoms with Gasteiger partial charge < -0.3 is 9.47 Å². The number of carbonyl (C=O) groups excluding carboxylic acids is 2. The number of hydrogen-bond donors (Lipinski definition) is 0. The lowest BCUT2D eigenvalue weighted by Gasteiger charge is -2.32. The van der Waals surface area contributed by atoms with Gasteiger partial charge in [0.25, 0.3) is 0 Å². The van der Waals surface area contributed by atoms with E-state index in [0.717, 1.165) is 50.6 Å². The molecule has 4 rings (SSSR count). The van der Waals surface area contributed by atoms with Crippen LogP contribution < -0.4 is 4.90 Å². The molecule has 1 unspecified atom stereocenters. The van der Waals surface area contributed by atoms with Gasteiger partial charge in [0, 0.05) is 23.9 Å². The van der Waals surface area contributed by atoms with E-state index in [1.807, 2.05) is 32.0 Å². The number of hydrogen-bond acceptors (Lipinski definition) is 5. The molecule has 200 valence electrons. The highest BCUT2D eigenvalue weighted by Gasteiger charge is 2.34. The van der Waals surface area contributed by atoms with E-state index in [9.17, 15) is 9.59 Å². The Labute approximate surface area is 220 Å². The fraction of sp³-hybridized carbons (Fsp3) is 0.567. The van der Waals surface area contributed by atoms with Gasteiger partial charge in [-0.05, 0) is 77.2 Å². The van der Waals surface area contributed by atoms with E-state index < -0.39 is 5.97 Å². The van der Waals surface area contributed by atoms with Gasteiger partial charge >= 0.3 is 5.97 Å². The summed E-state index contributed by atoms with van der Waals surface area (Å²) in [5.41, 5.74) is 2.52. The van der Waals surface area contributed by atoms with Crippen molar-refractivity contribution in [3.05, 3.63) is 53.7 Å². The summed E-state index contributed by atoms with van der Waals surface area (Å²) in [6.45, 7) is 8.85. The van der Waals surface area contributed by atoms with Crippen molar-refractivity contribution in [1.82, 2.24) is 9.78 Å². The first kappa shape index (κ1) is 27.1. The maximum atomic E-state index is 13.7. The Kier molecular flexibility index (Phi) is 9.19. The Hall–Kier alpha value is -2.93. The number of aromatic nitrogens is 2. The second kappa shape index (κ2) is 12.5. The highest BCUT2D eigenvalue weighted by atomic mass is 16.5. The maximum absolute atomic E-state index is 13.7. The first-order valence-corrected chi connectivity index (χ1v) is 13.8. The van der Waals surface area contributed by atoms with E-state index in [1.165, 1.54) is 5.56 Å². The minimum absolute atomic E-state index is 0.0322. The minimum Gasteiger partial charge on any atom is -0.462 e. The van der Waals surface area contributed by atoms with Crippen LogP contribution >= 0.6 is 0 Å². The van der Waals surface area contributed by atoms with E-state index in [0.29, 0.717) is 23.9 Å². The summed E-state index contributed by atoms with van der Waals surface area (Å²) in [5.74, 6) is 0.643. The average molecular weight is 508 g/mol. The zero-order valence-electron chi connectivity index (χ0n) is 22.7. The van der Waals surface area contributed by atoms with E-state index in [1.54, 1.807) is 22.7 Å². The number of rotatable bonds is 9. The van der Waals surface area contributed by atoms with Gasteiger partial charge in [-0.1, -0.05) is 43.3 Å². The predicted octanol–water partition coefficient (Wildman–Crippen LogP) is 6.24. The monoisotopic (exact) mass is 507 g/mol. The van der Waals surface area contributed by atoms with Gasteiger partial charge in [-0.15, -0.1) is 5.10 Å². The molecular formula is C30H41N3O4. The first-order valence-electron chi connectivity index (χ1n) is 13.8. The van der Waals surface area contributed by atoms with Crippen molar-refractivity contribution in [2.45, 2.75) is 91.4 Å². The van der Waals surface area contributed by atoms with Crippen molar-refractivity contribution in [1.29, 1.82) is 0 Å².